The van der Waals surface area contributed by atoms with Gasteiger partial charge >= 0.3 is 0 Å². The number of nitrogens with one attached hydrogen (secondary N) is 1. The third-order valence-electron chi connectivity index (χ3n) is 1.95. The first-order chi connectivity index (χ1) is 8.06. The summed E-state index contributed by atoms with van der Waals surface area (Å²) >= 11 is 12.5. The number of halogens is 2. The number of thioether (sulfide) groups is 1. The van der Waals surface area contributed by atoms with Crippen molar-refractivity contribution in [2.75, 3.05) is 5.32 Å². The van der Waals surface area contributed by atoms with Gasteiger partial charge in [0.05, 0.1) is 16.9 Å². The number of carbonyl (C=O) groups is 2. The molecule has 88 valence electrons. The first-order valence-electron chi connectivity index (χ1n) is 4.56. The van der Waals surface area contributed by atoms with Gasteiger partial charge in [-0.3, -0.25) is 14.6 Å². The van der Waals surface area contributed by atoms with E-state index in [2.05, 4.69) is 10.3 Å². The van der Waals surface area contributed by atoms with E-state index in [1.165, 1.54) is 6.07 Å². The monoisotopic (exact) mass is 288 g/mol. The Kier molecular flexibility index (Phi) is 3.71. The molecule has 0 aliphatic carbocycles. The third-order valence-corrected chi connectivity index (χ3v) is 3.42. The minimum atomic E-state index is -0.752. The van der Waals surface area contributed by atoms with E-state index >= 15 is 0 Å². The highest BCUT2D eigenvalue weighted by Crippen LogP contribution is 2.27. The number of hydrogen-bond donors (Lipinski definition) is 1. The Morgan fingerprint density at radius 2 is 2.18 bits per heavy atom. The van der Waals surface area contributed by atoms with E-state index in [1.807, 2.05) is 0 Å². The smallest absolute Gasteiger partial charge is 0.260 e. The maximum atomic E-state index is 11.7. The number of nitrogens with zero attached hydrogens (tertiary/aromatic N) is 1. The predicted octanol–water partition coefficient (Wildman–Crippen LogP) is 2.60. The Bertz CT molecular complexity index is 519. The summed E-state index contributed by atoms with van der Waals surface area (Å²) < 4.78 is 0. The Morgan fingerprint density at radius 3 is 2.82 bits per heavy atom. The van der Waals surface area contributed by atoms with E-state index in [1.54, 1.807) is 12.1 Å². The van der Waals surface area contributed by atoms with Gasteiger partial charge < -0.3 is 5.32 Å². The Morgan fingerprint density at radius 1 is 1.41 bits per heavy atom. The lowest BCUT2D eigenvalue weighted by atomic mass is 10.3. The topological polar surface area (TPSA) is 58.5 Å². The number of hydrogen-bond acceptors (Lipinski definition) is 4. The average Bonchev–Trinajstić information content (AvgIpc) is 2.70. The van der Waals surface area contributed by atoms with Crippen LogP contribution in [0.25, 0.3) is 0 Å². The molecule has 0 radical (unpaired) electrons. The van der Waals surface area contributed by atoms with E-state index in [4.69, 9.17) is 23.2 Å². The quantitative estimate of drug-likeness (QED) is 0.910. The molecular formula is C10H6Cl2N2O2S. The van der Waals surface area contributed by atoms with Crippen molar-refractivity contribution >= 4 is 57.9 Å². The number of rotatable bonds is 2. The second-order valence-corrected chi connectivity index (χ2v) is 5.11. The molecule has 1 aliphatic rings. The minimum Gasteiger partial charge on any atom is -0.322 e. The molecule has 0 fully saturated rings. The van der Waals surface area contributed by atoms with Crippen LogP contribution in [0.1, 0.15) is 0 Å². The van der Waals surface area contributed by atoms with Crippen molar-refractivity contribution in [3.8, 4) is 0 Å². The van der Waals surface area contributed by atoms with E-state index in [0.717, 1.165) is 18.0 Å². The summed E-state index contributed by atoms with van der Waals surface area (Å²) in [4.78, 5) is 26.4. The van der Waals surface area contributed by atoms with Gasteiger partial charge in [-0.05, 0) is 30.0 Å². The summed E-state index contributed by atoms with van der Waals surface area (Å²) in [6, 6.07) is 4.73. The summed E-state index contributed by atoms with van der Waals surface area (Å²) in [5, 5.41) is 2.42. The molecule has 0 bridgehead atoms. The number of amides is 1. The highest BCUT2D eigenvalue weighted by atomic mass is 35.5. The molecule has 1 aromatic rings. The van der Waals surface area contributed by atoms with Crippen molar-refractivity contribution in [3.63, 3.8) is 0 Å². The van der Waals surface area contributed by atoms with Crippen molar-refractivity contribution in [1.29, 1.82) is 0 Å². The fourth-order valence-electron chi connectivity index (χ4n) is 1.21. The molecule has 1 aromatic carbocycles. The summed E-state index contributed by atoms with van der Waals surface area (Å²) in [6.45, 7) is 0. The van der Waals surface area contributed by atoms with Crippen LogP contribution < -0.4 is 5.32 Å². The highest BCUT2D eigenvalue weighted by Gasteiger charge is 2.26. The molecule has 0 saturated carbocycles. The third kappa shape index (κ3) is 3.00. The first kappa shape index (κ1) is 12.4. The van der Waals surface area contributed by atoms with Crippen molar-refractivity contribution in [2.24, 2.45) is 4.99 Å². The number of aliphatic imine (C=N–C) groups is 1. The van der Waals surface area contributed by atoms with Gasteiger partial charge in [0, 0.05) is 5.02 Å². The Hall–Kier alpha value is -1.04. The summed E-state index contributed by atoms with van der Waals surface area (Å²) in [6.07, 6.45) is 1.13. The van der Waals surface area contributed by atoms with E-state index in [9.17, 15) is 9.59 Å². The molecule has 1 unspecified atom stereocenters. The molecule has 0 aromatic heterocycles. The fourth-order valence-corrected chi connectivity index (χ4v) is 2.17. The largest absolute Gasteiger partial charge is 0.322 e. The minimum absolute atomic E-state index is 0.234. The van der Waals surface area contributed by atoms with E-state index < -0.39 is 11.3 Å². The lowest BCUT2D eigenvalue weighted by Gasteiger charge is -2.09. The standard InChI is InChI=1S/C10H6Cl2N2O2S/c11-5-1-2-6(12)7(3-5)14-9(16)10-13-4-8(15)17-10/h1-4,10H,(H,14,16). The molecule has 1 N–H and O–H groups in total. The van der Waals surface area contributed by atoms with Crippen molar-refractivity contribution in [2.45, 2.75) is 5.37 Å². The zero-order chi connectivity index (χ0) is 12.4. The van der Waals surface area contributed by atoms with Gasteiger partial charge in [-0.2, -0.15) is 0 Å². The average molecular weight is 289 g/mol. The Balaban J connectivity index is 2.10. The van der Waals surface area contributed by atoms with Crippen LogP contribution in [0.2, 0.25) is 10.0 Å². The van der Waals surface area contributed by atoms with Crippen LogP contribution in [-0.4, -0.2) is 22.6 Å². The van der Waals surface area contributed by atoms with Gasteiger partial charge in [-0.15, -0.1) is 0 Å². The van der Waals surface area contributed by atoms with Crippen LogP contribution in [0.5, 0.6) is 0 Å². The van der Waals surface area contributed by atoms with Gasteiger partial charge in [0.1, 0.15) is 0 Å². The van der Waals surface area contributed by atoms with Gasteiger partial charge in [-0.1, -0.05) is 23.2 Å². The van der Waals surface area contributed by atoms with Crippen LogP contribution in [0, 0.1) is 0 Å². The first-order valence-corrected chi connectivity index (χ1v) is 6.19. The zero-order valence-electron chi connectivity index (χ0n) is 8.31. The summed E-state index contributed by atoms with van der Waals surface area (Å²) in [7, 11) is 0. The lowest BCUT2D eigenvalue weighted by Crippen LogP contribution is -2.22. The fraction of sp³-hybridized carbons (Fsp3) is 0.100. The summed E-state index contributed by atoms with van der Waals surface area (Å²) in [5.74, 6) is -0.402. The van der Waals surface area contributed by atoms with Crippen LogP contribution in [-0.2, 0) is 9.59 Å². The molecule has 1 amide bonds. The van der Waals surface area contributed by atoms with Crippen molar-refractivity contribution in [1.82, 2.24) is 0 Å². The SMILES string of the molecule is O=C1C=NC(C(=O)Nc2cc(Cl)ccc2Cl)S1. The lowest BCUT2D eigenvalue weighted by molar-refractivity contribution is -0.115. The van der Waals surface area contributed by atoms with Gasteiger partial charge in [0.25, 0.3) is 5.91 Å². The maximum absolute atomic E-state index is 11.7. The molecular weight excluding hydrogens is 283 g/mol. The van der Waals surface area contributed by atoms with Crippen LogP contribution in [0.4, 0.5) is 5.69 Å². The maximum Gasteiger partial charge on any atom is 0.260 e. The molecule has 2 rings (SSSR count). The van der Waals surface area contributed by atoms with Crippen molar-refractivity contribution in [3.05, 3.63) is 28.2 Å². The molecule has 0 spiro atoms. The van der Waals surface area contributed by atoms with E-state index in [0.29, 0.717) is 15.7 Å². The number of benzene rings is 1. The Labute approximate surface area is 111 Å². The van der Waals surface area contributed by atoms with Crippen LogP contribution >= 0.6 is 35.0 Å². The molecule has 0 saturated heterocycles. The van der Waals surface area contributed by atoms with Crippen LogP contribution in [0.15, 0.2) is 23.2 Å². The molecule has 1 heterocycles. The summed E-state index contributed by atoms with van der Waals surface area (Å²) in [5.41, 5.74) is 0.402. The molecule has 4 nitrogen and oxygen atoms in total. The number of carbonyl (C=O) groups excluding carboxylic acids is 2. The predicted molar refractivity (Wildman–Crippen MR) is 70.0 cm³/mol. The molecule has 1 atom stereocenters. The van der Waals surface area contributed by atoms with Gasteiger partial charge in [-0.25, -0.2) is 0 Å². The van der Waals surface area contributed by atoms with Gasteiger partial charge in [0.2, 0.25) is 5.12 Å². The van der Waals surface area contributed by atoms with Gasteiger partial charge in [0.15, 0.2) is 5.37 Å². The van der Waals surface area contributed by atoms with Crippen LogP contribution in [0.3, 0.4) is 0 Å². The second kappa shape index (κ2) is 5.08. The molecule has 1 aliphatic heterocycles. The second-order valence-electron chi connectivity index (χ2n) is 3.18. The van der Waals surface area contributed by atoms with Crippen molar-refractivity contribution < 1.29 is 9.59 Å². The number of anilines is 1. The van der Waals surface area contributed by atoms with E-state index in [-0.39, 0.29) is 5.12 Å². The normalized spacial score (nSPS) is 18.5. The highest BCUT2D eigenvalue weighted by molar-refractivity contribution is 8.16. The molecule has 17 heavy (non-hydrogen) atoms. The zero-order valence-corrected chi connectivity index (χ0v) is 10.6. The molecule has 7 heteroatoms.